The van der Waals surface area contributed by atoms with Crippen LogP contribution in [0.4, 0.5) is 0 Å². The Hall–Kier alpha value is -0.840. The third-order valence-corrected chi connectivity index (χ3v) is 2.74. The molecule has 0 atom stereocenters. The van der Waals surface area contributed by atoms with Gasteiger partial charge in [-0.05, 0) is 28.3 Å². The molecule has 4 nitrogen and oxygen atoms in total. The quantitative estimate of drug-likeness (QED) is 0.906. The monoisotopic (exact) mass is 260 g/mol. The van der Waals surface area contributed by atoms with Gasteiger partial charge in [0.1, 0.15) is 0 Å². The molecule has 0 saturated heterocycles. The Labute approximate surface area is 91.1 Å². The van der Waals surface area contributed by atoms with Crippen LogP contribution in [0.1, 0.15) is 30.0 Å². The van der Waals surface area contributed by atoms with Gasteiger partial charge in [-0.15, -0.1) is 0 Å². The first-order chi connectivity index (χ1) is 6.43. The van der Waals surface area contributed by atoms with Gasteiger partial charge in [0.2, 0.25) is 0 Å². The van der Waals surface area contributed by atoms with E-state index in [-0.39, 0.29) is 5.69 Å². The van der Waals surface area contributed by atoms with E-state index < -0.39 is 5.97 Å². The molecule has 0 saturated carbocycles. The topological polar surface area (TPSA) is 55.1 Å². The van der Waals surface area contributed by atoms with Crippen LogP contribution >= 0.6 is 15.9 Å². The summed E-state index contributed by atoms with van der Waals surface area (Å²) in [5, 5.41) is 12.8. The van der Waals surface area contributed by atoms with Gasteiger partial charge in [-0.25, -0.2) is 4.79 Å². The first-order valence-corrected chi connectivity index (χ1v) is 5.17. The molecule has 1 heterocycles. The highest BCUT2D eigenvalue weighted by Crippen LogP contribution is 2.23. The minimum Gasteiger partial charge on any atom is -0.476 e. The molecule has 78 valence electrons. The zero-order chi connectivity index (χ0) is 10.9. The molecular formula is C9H13BrN2O2. The minimum atomic E-state index is -0.998. The van der Waals surface area contributed by atoms with Crippen molar-refractivity contribution in [1.82, 2.24) is 9.78 Å². The fourth-order valence-corrected chi connectivity index (χ4v) is 1.95. The maximum atomic E-state index is 10.8. The molecule has 1 aromatic rings. The number of halogens is 1. The summed E-state index contributed by atoms with van der Waals surface area (Å²) in [6.07, 6.45) is 0.817. The van der Waals surface area contributed by atoms with Crippen molar-refractivity contribution >= 4 is 21.9 Å². The van der Waals surface area contributed by atoms with Crippen LogP contribution in [-0.2, 0) is 13.5 Å². The van der Waals surface area contributed by atoms with Gasteiger partial charge in [-0.3, -0.25) is 4.68 Å². The van der Waals surface area contributed by atoms with E-state index in [1.54, 1.807) is 11.7 Å². The Bertz CT molecular complexity index is 358. The normalized spacial score (nSPS) is 10.9. The lowest BCUT2D eigenvalue weighted by molar-refractivity contribution is 0.0688. The zero-order valence-electron chi connectivity index (χ0n) is 8.41. The predicted molar refractivity (Wildman–Crippen MR) is 56.4 cm³/mol. The van der Waals surface area contributed by atoms with E-state index in [1.165, 1.54) is 0 Å². The van der Waals surface area contributed by atoms with Crippen molar-refractivity contribution in [2.45, 2.75) is 20.3 Å². The van der Waals surface area contributed by atoms with E-state index in [1.807, 2.05) is 0 Å². The number of carbonyl (C=O) groups is 1. The lowest BCUT2D eigenvalue weighted by Crippen LogP contribution is -2.03. The Morgan fingerprint density at radius 1 is 1.64 bits per heavy atom. The molecule has 0 radical (unpaired) electrons. The summed E-state index contributed by atoms with van der Waals surface area (Å²) in [6.45, 7) is 4.17. The van der Waals surface area contributed by atoms with E-state index in [2.05, 4.69) is 34.9 Å². The lowest BCUT2D eigenvalue weighted by Gasteiger charge is -2.05. The zero-order valence-corrected chi connectivity index (χ0v) is 10.00. The molecule has 1 aromatic heterocycles. The summed E-state index contributed by atoms with van der Waals surface area (Å²) in [4.78, 5) is 10.8. The molecule has 1 rings (SSSR count). The largest absolute Gasteiger partial charge is 0.476 e. The average Bonchev–Trinajstić information content (AvgIpc) is 2.31. The molecule has 1 N–H and O–H groups in total. The summed E-state index contributed by atoms with van der Waals surface area (Å²) >= 11 is 3.27. The van der Waals surface area contributed by atoms with Gasteiger partial charge in [0, 0.05) is 7.05 Å². The van der Waals surface area contributed by atoms with E-state index in [9.17, 15) is 4.79 Å². The van der Waals surface area contributed by atoms with Crippen molar-refractivity contribution in [3.63, 3.8) is 0 Å². The van der Waals surface area contributed by atoms with Crippen LogP contribution in [0.2, 0.25) is 0 Å². The number of carboxylic acids is 1. The first-order valence-electron chi connectivity index (χ1n) is 4.38. The molecule has 0 bridgehead atoms. The maximum Gasteiger partial charge on any atom is 0.357 e. The second-order valence-corrected chi connectivity index (χ2v) is 4.43. The number of hydrogen-bond acceptors (Lipinski definition) is 2. The Morgan fingerprint density at radius 2 is 2.21 bits per heavy atom. The molecule has 0 aliphatic heterocycles. The number of nitrogens with zero attached hydrogens (tertiary/aromatic N) is 2. The molecule has 0 aliphatic carbocycles. The van der Waals surface area contributed by atoms with E-state index in [0.717, 1.165) is 12.1 Å². The van der Waals surface area contributed by atoms with Crippen molar-refractivity contribution in [1.29, 1.82) is 0 Å². The fraction of sp³-hybridized carbons (Fsp3) is 0.556. The molecule has 0 unspecified atom stereocenters. The van der Waals surface area contributed by atoms with Crippen LogP contribution in [0.5, 0.6) is 0 Å². The Morgan fingerprint density at radius 3 is 2.57 bits per heavy atom. The van der Waals surface area contributed by atoms with Crippen molar-refractivity contribution in [2.75, 3.05) is 0 Å². The highest BCUT2D eigenvalue weighted by atomic mass is 79.9. The summed E-state index contributed by atoms with van der Waals surface area (Å²) < 4.78 is 2.22. The first kappa shape index (κ1) is 11.2. The highest BCUT2D eigenvalue weighted by Gasteiger charge is 2.19. The number of hydrogen-bond donors (Lipinski definition) is 1. The summed E-state index contributed by atoms with van der Waals surface area (Å²) in [6, 6.07) is 0. The predicted octanol–water partition coefficient (Wildman–Crippen LogP) is 2.08. The number of aromatic carboxylic acids is 1. The van der Waals surface area contributed by atoms with Crippen molar-refractivity contribution in [3.8, 4) is 0 Å². The van der Waals surface area contributed by atoms with Gasteiger partial charge in [0.05, 0.1) is 10.2 Å². The van der Waals surface area contributed by atoms with Gasteiger partial charge >= 0.3 is 5.97 Å². The van der Waals surface area contributed by atoms with E-state index in [0.29, 0.717) is 10.4 Å². The van der Waals surface area contributed by atoms with Crippen molar-refractivity contribution in [3.05, 3.63) is 15.9 Å². The molecule has 0 amide bonds. The molecular weight excluding hydrogens is 248 g/mol. The SMILES string of the molecule is CC(C)Cc1c(Br)c(C(=O)O)nn1C. The highest BCUT2D eigenvalue weighted by molar-refractivity contribution is 9.10. The van der Waals surface area contributed by atoms with E-state index >= 15 is 0 Å². The molecule has 14 heavy (non-hydrogen) atoms. The van der Waals surface area contributed by atoms with Gasteiger partial charge < -0.3 is 5.11 Å². The lowest BCUT2D eigenvalue weighted by atomic mass is 10.1. The van der Waals surface area contributed by atoms with E-state index in [4.69, 9.17) is 5.11 Å². The maximum absolute atomic E-state index is 10.8. The second kappa shape index (κ2) is 4.13. The van der Waals surface area contributed by atoms with Crippen LogP contribution in [0.25, 0.3) is 0 Å². The van der Waals surface area contributed by atoms with Crippen molar-refractivity contribution < 1.29 is 9.90 Å². The average molecular weight is 261 g/mol. The van der Waals surface area contributed by atoms with Gasteiger partial charge in [-0.1, -0.05) is 13.8 Å². The summed E-state index contributed by atoms with van der Waals surface area (Å²) in [5.41, 5.74) is 1.01. The molecule has 0 aliphatic rings. The third kappa shape index (κ3) is 2.15. The molecule has 0 aromatic carbocycles. The minimum absolute atomic E-state index is 0.0863. The fourth-order valence-electron chi connectivity index (χ4n) is 1.28. The second-order valence-electron chi connectivity index (χ2n) is 3.64. The van der Waals surface area contributed by atoms with Crippen LogP contribution < -0.4 is 0 Å². The van der Waals surface area contributed by atoms with Crippen molar-refractivity contribution in [2.24, 2.45) is 13.0 Å². The van der Waals surface area contributed by atoms with Crippen LogP contribution in [-0.4, -0.2) is 20.9 Å². The number of carboxylic acid groups (broad SMARTS) is 1. The van der Waals surface area contributed by atoms with Gasteiger partial charge in [-0.2, -0.15) is 5.10 Å². The third-order valence-electron chi connectivity index (χ3n) is 1.91. The molecule has 0 spiro atoms. The Balaban J connectivity index is 3.11. The van der Waals surface area contributed by atoms with Gasteiger partial charge in [0.25, 0.3) is 0 Å². The number of rotatable bonds is 3. The van der Waals surface area contributed by atoms with Crippen LogP contribution in [0, 0.1) is 5.92 Å². The summed E-state index contributed by atoms with van der Waals surface area (Å²) in [7, 11) is 1.76. The summed E-state index contributed by atoms with van der Waals surface area (Å²) in [5.74, 6) is -0.522. The number of aromatic nitrogens is 2. The standard InChI is InChI=1S/C9H13BrN2O2/c1-5(2)4-6-7(10)8(9(13)14)11-12(6)3/h5H,4H2,1-3H3,(H,13,14). The number of aryl methyl sites for hydroxylation is 1. The Kier molecular flexibility index (Phi) is 3.31. The van der Waals surface area contributed by atoms with Gasteiger partial charge in [0.15, 0.2) is 5.69 Å². The molecule has 0 fully saturated rings. The van der Waals surface area contributed by atoms with Crippen LogP contribution in [0.15, 0.2) is 4.47 Å². The van der Waals surface area contributed by atoms with Crippen LogP contribution in [0.3, 0.4) is 0 Å². The smallest absolute Gasteiger partial charge is 0.357 e. The molecule has 5 heteroatoms.